The highest BCUT2D eigenvalue weighted by atomic mass is 35.5. The van der Waals surface area contributed by atoms with Crippen molar-refractivity contribution in [3.63, 3.8) is 0 Å². The molecule has 0 radical (unpaired) electrons. The first-order chi connectivity index (χ1) is 26.6. The number of aromatic hydroxyl groups is 1. The van der Waals surface area contributed by atoms with Crippen molar-refractivity contribution >= 4 is 58.2 Å². The van der Waals surface area contributed by atoms with Crippen LogP contribution in [0.2, 0.25) is 5.02 Å². The number of fused-ring (bicyclic) bond motifs is 2. The minimum Gasteiger partial charge on any atom is -0.508 e. The highest BCUT2D eigenvalue weighted by Crippen LogP contribution is 2.31. The van der Waals surface area contributed by atoms with Crippen molar-refractivity contribution in [2.24, 2.45) is 0 Å². The SMILES string of the molecule is C=CCN1CC(=O)N2[C@@H](Cc3ccc(O)cc3)C(=O)N(Cc3cccc4c(C(C)=O)c[nH]c34)C[C@@H]2N1C(=O)NCc1ccccc1.O.OSc1ccc(Cl)cc1. The second-order valence-corrected chi connectivity index (χ2v) is 14.2. The minimum absolute atomic E-state index is 0. The minimum atomic E-state index is -0.901. The van der Waals surface area contributed by atoms with E-state index in [0.717, 1.165) is 44.5 Å². The number of aromatic amines is 1. The molecule has 13 nitrogen and oxygen atoms in total. The lowest BCUT2D eigenvalue weighted by Crippen LogP contribution is -2.76. The summed E-state index contributed by atoms with van der Waals surface area (Å²) in [7, 11) is 0. The van der Waals surface area contributed by atoms with Gasteiger partial charge in [-0.05, 0) is 60.0 Å². The number of urea groups is 1. The molecule has 0 spiro atoms. The number of nitrogens with zero attached hydrogens (tertiary/aromatic N) is 4. The van der Waals surface area contributed by atoms with Crippen molar-refractivity contribution in [1.82, 2.24) is 30.1 Å². The highest BCUT2D eigenvalue weighted by molar-refractivity contribution is 7.93. The Balaban J connectivity index is 0.000000529. The number of hydrogen-bond donors (Lipinski definition) is 4. The van der Waals surface area contributed by atoms with E-state index in [9.17, 15) is 24.3 Å². The fraction of sp³-hybridized carbons (Fsp3) is 0.220. The van der Waals surface area contributed by atoms with Crippen LogP contribution in [0.25, 0.3) is 10.9 Å². The first-order valence-corrected chi connectivity index (χ1v) is 18.7. The van der Waals surface area contributed by atoms with Crippen molar-refractivity contribution in [2.45, 2.75) is 43.5 Å². The number of H-pyrrole nitrogens is 1. The van der Waals surface area contributed by atoms with Gasteiger partial charge in [0.2, 0.25) is 11.8 Å². The lowest BCUT2D eigenvalue weighted by atomic mass is 9.98. The third-order valence-electron chi connectivity index (χ3n) is 9.49. The third kappa shape index (κ3) is 9.41. The van der Waals surface area contributed by atoms with Gasteiger partial charge in [-0.3, -0.25) is 14.4 Å². The molecule has 0 aliphatic carbocycles. The second-order valence-electron chi connectivity index (χ2n) is 13.2. The number of benzene rings is 4. The van der Waals surface area contributed by atoms with E-state index in [1.54, 1.807) is 75.7 Å². The number of carbonyl (C=O) groups excluding carboxylic acids is 4. The largest absolute Gasteiger partial charge is 0.508 e. The Morgan fingerprint density at radius 3 is 2.36 bits per heavy atom. The fourth-order valence-electron chi connectivity index (χ4n) is 6.89. The zero-order valence-corrected chi connectivity index (χ0v) is 32.2. The molecule has 15 heteroatoms. The van der Waals surface area contributed by atoms with Gasteiger partial charge in [0.1, 0.15) is 18.0 Å². The summed E-state index contributed by atoms with van der Waals surface area (Å²) in [6, 6.07) is 27.4. The first kappa shape index (κ1) is 41.5. The number of phenolic OH excluding ortho intramolecular Hbond substituents is 1. The van der Waals surface area contributed by atoms with Crippen molar-refractivity contribution in [2.75, 3.05) is 19.6 Å². The number of aromatic nitrogens is 1. The standard InChI is InChI=1S/C35H36N6O5.C6H5ClOS.H2O/c1-3-16-39-22-32(44)40-30(17-24-12-14-27(43)15-13-24)34(45)38(20-26-10-7-11-28-29(23(2)42)19-36-33(26)28)21-31(40)41(39)35(46)37-18-25-8-5-4-6-9-25;7-5-1-3-6(9-8)4-2-5;/h3-15,19,30-31,36,43H,1,16-18,20-22H2,2H3,(H,37,46);1-4,8H;1H2/t30-,31-;;/m0../s1. The number of hydrogen-bond acceptors (Lipinski definition) is 8. The molecule has 5 aromatic rings. The summed E-state index contributed by atoms with van der Waals surface area (Å²) in [6.45, 7) is 6.05. The van der Waals surface area contributed by atoms with E-state index in [4.69, 9.17) is 16.2 Å². The third-order valence-corrected chi connectivity index (χ3v) is 10.2. The molecule has 4 amide bonds. The quantitative estimate of drug-likeness (QED) is 0.0767. The molecule has 0 bridgehead atoms. The number of hydrazine groups is 1. The second kappa shape index (κ2) is 18.8. The van der Waals surface area contributed by atoms with Gasteiger partial charge in [0.25, 0.3) is 0 Å². The summed E-state index contributed by atoms with van der Waals surface area (Å²) < 4.78 is 8.50. The maximum absolute atomic E-state index is 14.3. The molecule has 0 saturated carbocycles. The molecule has 292 valence electrons. The molecule has 7 rings (SSSR count). The molecule has 2 atom stereocenters. The van der Waals surface area contributed by atoms with Crippen molar-refractivity contribution in [3.05, 3.63) is 143 Å². The number of carbonyl (C=O) groups is 4. The van der Waals surface area contributed by atoms with E-state index < -0.39 is 18.2 Å². The molecule has 1 aromatic heterocycles. The average molecular weight is 799 g/mol. The predicted octanol–water partition coefficient (Wildman–Crippen LogP) is 5.89. The lowest BCUT2D eigenvalue weighted by molar-refractivity contribution is -0.189. The van der Waals surface area contributed by atoms with Crippen molar-refractivity contribution in [1.29, 1.82) is 0 Å². The van der Waals surface area contributed by atoms with Crippen LogP contribution >= 0.6 is 23.6 Å². The zero-order chi connectivity index (χ0) is 39.1. The van der Waals surface area contributed by atoms with Gasteiger partial charge in [0, 0.05) is 65.2 Å². The molecule has 2 aliphatic rings. The molecule has 2 fully saturated rings. The van der Waals surface area contributed by atoms with Gasteiger partial charge in [-0.2, -0.15) is 0 Å². The average Bonchev–Trinajstić information content (AvgIpc) is 3.63. The van der Waals surface area contributed by atoms with Gasteiger partial charge >= 0.3 is 6.03 Å². The molecule has 0 unspecified atom stereocenters. The number of amides is 4. The Labute approximate surface area is 333 Å². The van der Waals surface area contributed by atoms with Crippen LogP contribution in [0.15, 0.2) is 121 Å². The fourth-order valence-corrected chi connectivity index (χ4v) is 7.28. The van der Waals surface area contributed by atoms with Gasteiger partial charge < -0.3 is 35.2 Å². The summed E-state index contributed by atoms with van der Waals surface area (Å²) in [5, 5.41) is 17.5. The summed E-state index contributed by atoms with van der Waals surface area (Å²) in [4.78, 5) is 61.5. The Hall–Kier alpha value is -5.64. The number of piperazine rings is 1. The van der Waals surface area contributed by atoms with Gasteiger partial charge in [0.05, 0.1) is 18.6 Å². The van der Waals surface area contributed by atoms with Crippen LogP contribution in [0.5, 0.6) is 5.75 Å². The van der Waals surface area contributed by atoms with E-state index in [1.165, 1.54) is 11.8 Å². The summed E-state index contributed by atoms with van der Waals surface area (Å²) in [6.07, 6.45) is 2.71. The summed E-state index contributed by atoms with van der Waals surface area (Å²) in [5.74, 6) is -0.497. The van der Waals surface area contributed by atoms with E-state index in [1.807, 2.05) is 48.5 Å². The van der Waals surface area contributed by atoms with Crippen LogP contribution in [0, 0.1) is 0 Å². The topological polar surface area (TPSA) is 181 Å². The van der Waals surface area contributed by atoms with Crippen molar-refractivity contribution < 1.29 is 34.3 Å². The lowest BCUT2D eigenvalue weighted by Gasteiger charge is -2.55. The summed E-state index contributed by atoms with van der Waals surface area (Å²) in [5.41, 5.74) is 3.81. The number of halogens is 1. The van der Waals surface area contributed by atoms with Gasteiger partial charge in [-0.15, -0.1) is 6.58 Å². The van der Waals surface area contributed by atoms with Crippen LogP contribution in [-0.4, -0.2) is 95.4 Å². The van der Waals surface area contributed by atoms with E-state index in [2.05, 4.69) is 16.9 Å². The molecule has 3 heterocycles. The number of phenols is 1. The summed E-state index contributed by atoms with van der Waals surface area (Å²) >= 11 is 6.30. The molecular weight excluding hydrogens is 756 g/mol. The monoisotopic (exact) mass is 798 g/mol. The van der Waals surface area contributed by atoms with Crippen molar-refractivity contribution in [3.8, 4) is 5.75 Å². The van der Waals surface area contributed by atoms with Crippen LogP contribution in [0.1, 0.15) is 34.0 Å². The Kier molecular flexibility index (Phi) is 13.9. The molecule has 6 N–H and O–H groups in total. The molecule has 2 aliphatic heterocycles. The molecule has 56 heavy (non-hydrogen) atoms. The van der Waals surface area contributed by atoms with E-state index in [-0.39, 0.29) is 68.0 Å². The highest BCUT2D eigenvalue weighted by Gasteiger charge is 2.51. The maximum Gasteiger partial charge on any atom is 0.334 e. The zero-order valence-electron chi connectivity index (χ0n) is 30.6. The smallest absolute Gasteiger partial charge is 0.334 e. The number of ketones is 1. The predicted molar refractivity (Wildman–Crippen MR) is 216 cm³/mol. The number of rotatable bonds is 10. The molecular formula is C41H43ClN6O7S. The van der Waals surface area contributed by atoms with E-state index in [0.29, 0.717) is 10.6 Å². The van der Waals surface area contributed by atoms with Crippen LogP contribution in [0.3, 0.4) is 0 Å². The number of Topliss-reactive ketones (excluding diaryl/α,β-unsaturated/α-hetero) is 1. The van der Waals surface area contributed by atoms with E-state index >= 15 is 0 Å². The van der Waals surface area contributed by atoms with Gasteiger partial charge in [0.15, 0.2) is 5.78 Å². The number of nitrogens with one attached hydrogen (secondary N) is 2. The Morgan fingerprint density at radius 1 is 0.982 bits per heavy atom. The Morgan fingerprint density at radius 2 is 1.70 bits per heavy atom. The normalized spacial score (nSPS) is 16.7. The number of para-hydroxylation sites is 1. The van der Waals surface area contributed by atoms with Crippen LogP contribution in [-0.2, 0) is 29.1 Å². The molecule has 4 aromatic carbocycles. The first-order valence-electron chi connectivity index (χ1n) is 17.6. The van der Waals surface area contributed by atoms with Gasteiger partial charge in [-0.25, -0.2) is 14.8 Å². The van der Waals surface area contributed by atoms with Gasteiger partial charge in [-0.1, -0.05) is 78.3 Å². The molecule has 2 saturated heterocycles. The van der Waals surface area contributed by atoms with Crippen LogP contribution in [0.4, 0.5) is 4.79 Å². The Bertz CT molecular complexity index is 2170. The van der Waals surface area contributed by atoms with Crippen LogP contribution < -0.4 is 5.32 Å². The maximum atomic E-state index is 14.3.